The maximum Gasteiger partial charge on any atom is 0.127 e. The van der Waals surface area contributed by atoms with Crippen LogP contribution in [0.5, 0.6) is 0 Å². The summed E-state index contributed by atoms with van der Waals surface area (Å²) in [4.78, 5) is 13.8. The lowest BCUT2D eigenvalue weighted by atomic mass is 9.93. The molecule has 0 saturated carbocycles. The van der Waals surface area contributed by atoms with Crippen LogP contribution in [0.3, 0.4) is 0 Å². The van der Waals surface area contributed by atoms with Crippen LogP contribution < -0.4 is 4.90 Å². The number of carbonyl (C=O) groups is 1. The molecule has 0 N–H and O–H groups in total. The molecule has 1 atom stereocenters. The van der Waals surface area contributed by atoms with Gasteiger partial charge >= 0.3 is 0 Å². The van der Waals surface area contributed by atoms with Gasteiger partial charge in [0.05, 0.1) is 13.2 Å². The van der Waals surface area contributed by atoms with Crippen molar-refractivity contribution in [3.8, 4) is 0 Å². The van der Waals surface area contributed by atoms with E-state index in [4.69, 9.17) is 4.74 Å². The molecule has 3 heteroatoms. The van der Waals surface area contributed by atoms with Crippen molar-refractivity contribution in [3.63, 3.8) is 0 Å². The van der Waals surface area contributed by atoms with Crippen LogP contribution in [-0.2, 0) is 16.0 Å². The van der Waals surface area contributed by atoms with Gasteiger partial charge in [0, 0.05) is 24.7 Å². The van der Waals surface area contributed by atoms with Crippen LogP contribution in [0.2, 0.25) is 0 Å². The van der Waals surface area contributed by atoms with Crippen LogP contribution in [-0.4, -0.2) is 32.6 Å². The third-order valence-corrected chi connectivity index (χ3v) is 4.16. The molecule has 3 nitrogen and oxygen atoms in total. The zero-order valence-corrected chi connectivity index (χ0v) is 12.7. The molecule has 1 aliphatic rings. The number of morpholine rings is 1. The van der Waals surface area contributed by atoms with Gasteiger partial charge in [0.25, 0.3) is 0 Å². The predicted molar refractivity (Wildman–Crippen MR) is 88.4 cm³/mol. The second-order valence-electron chi connectivity index (χ2n) is 5.62. The molecule has 0 aromatic heterocycles. The highest BCUT2D eigenvalue weighted by Gasteiger charge is 2.14. The van der Waals surface area contributed by atoms with E-state index in [9.17, 15) is 4.79 Å². The summed E-state index contributed by atoms with van der Waals surface area (Å²) in [5, 5.41) is 0. The number of carbonyl (C=O) groups excluding carboxylic acids is 1. The van der Waals surface area contributed by atoms with E-state index in [1.165, 1.54) is 11.3 Å². The summed E-state index contributed by atoms with van der Waals surface area (Å²) in [5.74, 6) is -0.0823. The van der Waals surface area contributed by atoms with Crippen LogP contribution in [0.1, 0.15) is 17.0 Å². The SMILES string of the molecule is O=CC(Cc1ccccc1)c1ccc(N2CCOCC2)cc1. The Bertz CT molecular complexity index is 589. The third kappa shape index (κ3) is 3.55. The van der Waals surface area contributed by atoms with Gasteiger partial charge in [-0.15, -0.1) is 0 Å². The Morgan fingerprint density at radius 1 is 1.00 bits per heavy atom. The first-order valence-corrected chi connectivity index (χ1v) is 7.78. The maximum absolute atomic E-state index is 11.5. The average molecular weight is 295 g/mol. The number of ether oxygens (including phenoxy) is 1. The van der Waals surface area contributed by atoms with Crippen molar-refractivity contribution in [2.45, 2.75) is 12.3 Å². The first-order valence-electron chi connectivity index (χ1n) is 7.78. The average Bonchev–Trinajstić information content (AvgIpc) is 2.61. The minimum absolute atomic E-state index is 0.0823. The summed E-state index contributed by atoms with van der Waals surface area (Å²) >= 11 is 0. The van der Waals surface area contributed by atoms with E-state index in [2.05, 4.69) is 41.3 Å². The lowest BCUT2D eigenvalue weighted by Gasteiger charge is -2.29. The first-order chi connectivity index (χ1) is 10.9. The molecule has 1 heterocycles. The van der Waals surface area contributed by atoms with E-state index in [0.717, 1.165) is 44.6 Å². The van der Waals surface area contributed by atoms with Gasteiger partial charge in [-0.1, -0.05) is 42.5 Å². The van der Waals surface area contributed by atoms with Crippen LogP contribution >= 0.6 is 0 Å². The van der Waals surface area contributed by atoms with Crippen molar-refractivity contribution in [2.24, 2.45) is 0 Å². The van der Waals surface area contributed by atoms with Crippen LogP contribution in [0.15, 0.2) is 54.6 Å². The van der Waals surface area contributed by atoms with E-state index in [-0.39, 0.29) is 5.92 Å². The molecule has 0 radical (unpaired) electrons. The van der Waals surface area contributed by atoms with Crippen molar-refractivity contribution in [1.29, 1.82) is 0 Å². The smallest absolute Gasteiger partial charge is 0.127 e. The second kappa shape index (κ2) is 7.23. The van der Waals surface area contributed by atoms with Gasteiger partial charge in [-0.3, -0.25) is 0 Å². The highest BCUT2D eigenvalue weighted by Crippen LogP contribution is 2.23. The molecule has 0 spiro atoms. The summed E-state index contributed by atoms with van der Waals surface area (Å²) in [7, 11) is 0. The number of hydrogen-bond acceptors (Lipinski definition) is 3. The number of nitrogens with zero attached hydrogens (tertiary/aromatic N) is 1. The van der Waals surface area contributed by atoms with Crippen molar-refractivity contribution in [2.75, 3.05) is 31.2 Å². The van der Waals surface area contributed by atoms with E-state index < -0.39 is 0 Å². The molecule has 114 valence electrons. The first kappa shape index (κ1) is 14.8. The minimum Gasteiger partial charge on any atom is -0.378 e. The van der Waals surface area contributed by atoms with Gasteiger partial charge in [0.15, 0.2) is 0 Å². The van der Waals surface area contributed by atoms with Gasteiger partial charge in [-0.2, -0.15) is 0 Å². The largest absolute Gasteiger partial charge is 0.378 e. The lowest BCUT2D eigenvalue weighted by Crippen LogP contribution is -2.36. The third-order valence-electron chi connectivity index (χ3n) is 4.16. The molecule has 3 rings (SSSR count). The molecule has 1 unspecified atom stereocenters. The molecular weight excluding hydrogens is 274 g/mol. The molecule has 1 fully saturated rings. The van der Waals surface area contributed by atoms with Gasteiger partial charge < -0.3 is 14.4 Å². The van der Waals surface area contributed by atoms with Crippen molar-refractivity contribution in [3.05, 3.63) is 65.7 Å². The van der Waals surface area contributed by atoms with E-state index >= 15 is 0 Å². The Balaban J connectivity index is 1.71. The Hall–Kier alpha value is -2.13. The Morgan fingerprint density at radius 3 is 2.32 bits per heavy atom. The van der Waals surface area contributed by atoms with Crippen LogP contribution in [0.4, 0.5) is 5.69 Å². The van der Waals surface area contributed by atoms with Gasteiger partial charge in [-0.05, 0) is 29.7 Å². The highest BCUT2D eigenvalue weighted by atomic mass is 16.5. The summed E-state index contributed by atoms with van der Waals surface area (Å²) in [6.45, 7) is 3.43. The van der Waals surface area contributed by atoms with Gasteiger partial charge in [0.2, 0.25) is 0 Å². The summed E-state index contributed by atoms with van der Waals surface area (Å²) < 4.78 is 5.38. The molecule has 0 aliphatic carbocycles. The molecule has 1 saturated heterocycles. The van der Waals surface area contributed by atoms with Crippen LogP contribution in [0, 0.1) is 0 Å². The lowest BCUT2D eigenvalue weighted by molar-refractivity contribution is -0.109. The standard InChI is InChI=1S/C19H21NO2/c21-15-18(14-16-4-2-1-3-5-16)17-6-8-19(9-7-17)20-10-12-22-13-11-20/h1-9,15,18H,10-14H2. The van der Waals surface area contributed by atoms with Gasteiger partial charge in [0.1, 0.15) is 6.29 Å². The van der Waals surface area contributed by atoms with E-state index in [0.29, 0.717) is 0 Å². The fourth-order valence-corrected chi connectivity index (χ4v) is 2.87. The monoisotopic (exact) mass is 295 g/mol. The molecule has 0 amide bonds. The van der Waals surface area contributed by atoms with Crippen molar-refractivity contribution in [1.82, 2.24) is 0 Å². The molecular formula is C19H21NO2. The summed E-state index contributed by atoms with van der Waals surface area (Å²) in [5.41, 5.74) is 3.48. The number of anilines is 1. The normalized spacial score (nSPS) is 16.3. The topological polar surface area (TPSA) is 29.5 Å². The predicted octanol–water partition coefficient (Wildman–Crippen LogP) is 3.05. The fourth-order valence-electron chi connectivity index (χ4n) is 2.87. The Labute approximate surface area is 131 Å². The highest BCUT2D eigenvalue weighted by molar-refractivity contribution is 5.64. The quantitative estimate of drug-likeness (QED) is 0.794. The molecule has 22 heavy (non-hydrogen) atoms. The zero-order chi connectivity index (χ0) is 15.2. The number of benzene rings is 2. The molecule has 1 aliphatic heterocycles. The Kier molecular flexibility index (Phi) is 4.86. The zero-order valence-electron chi connectivity index (χ0n) is 12.7. The molecule has 0 bridgehead atoms. The van der Waals surface area contributed by atoms with E-state index in [1.54, 1.807) is 0 Å². The van der Waals surface area contributed by atoms with Crippen molar-refractivity contribution < 1.29 is 9.53 Å². The number of rotatable bonds is 5. The maximum atomic E-state index is 11.5. The molecule has 2 aromatic rings. The molecule has 2 aromatic carbocycles. The fraction of sp³-hybridized carbons (Fsp3) is 0.316. The number of hydrogen-bond donors (Lipinski definition) is 0. The van der Waals surface area contributed by atoms with Gasteiger partial charge in [-0.25, -0.2) is 0 Å². The van der Waals surface area contributed by atoms with E-state index in [1.807, 2.05) is 18.2 Å². The van der Waals surface area contributed by atoms with Crippen LogP contribution in [0.25, 0.3) is 0 Å². The minimum atomic E-state index is -0.0823. The summed E-state index contributed by atoms with van der Waals surface area (Å²) in [6, 6.07) is 18.5. The number of aldehydes is 1. The summed E-state index contributed by atoms with van der Waals surface area (Å²) in [6.07, 6.45) is 1.80. The Morgan fingerprint density at radius 2 is 1.68 bits per heavy atom. The second-order valence-corrected chi connectivity index (χ2v) is 5.62. The van der Waals surface area contributed by atoms with Crippen molar-refractivity contribution >= 4 is 12.0 Å².